The van der Waals surface area contributed by atoms with Crippen molar-refractivity contribution in [1.29, 1.82) is 0 Å². The van der Waals surface area contributed by atoms with Gasteiger partial charge in [-0.05, 0) is 31.5 Å². The monoisotopic (exact) mass is 380 g/mol. The molecule has 2 N–H and O–H groups in total. The number of benzene rings is 1. The van der Waals surface area contributed by atoms with Crippen molar-refractivity contribution >= 4 is 11.9 Å². The normalized spacial score (nSPS) is 17.2. The average Bonchev–Trinajstić information content (AvgIpc) is 3.08. The largest absolute Gasteiger partial charge is 0.493 e. The Kier molecular flexibility index (Phi) is 5.20. The number of amides is 1. The number of anilines is 1. The maximum Gasteiger partial charge on any atom is 0.419 e. The molecule has 1 unspecified atom stereocenters. The number of ether oxygens (including phenoxy) is 1. The third-order valence-electron chi connectivity index (χ3n) is 4.33. The Hall–Kier alpha value is -2.84. The van der Waals surface area contributed by atoms with Crippen LogP contribution in [0.1, 0.15) is 28.2 Å². The van der Waals surface area contributed by atoms with Crippen LogP contribution in [0.25, 0.3) is 0 Å². The van der Waals surface area contributed by atoms with Gasteiger partial charge in [-0.2, -0.15) is 13.2 Å². The molecule has 1 atom stereocenters. The van der Waals surface area contributed by atoms with Gasteiger partial charge in [0.15, 0.2) is 0 Å². The fraction of sp³-hybridized carbons (Fsp3) is 0.389. The summed E-state index contributed by atoms with van der Waals surface area (Å²) in [5.41, 5.74) is 5.25. The van der Waals surface area contributed by atoms with Gasteiger partial charge in [-0.3, -0.25) is 4.79 Å². The van der Waals surface area contributed by atoms with E-state index < -0.39 is 17.6 Å². The first-order chi connectivity index (χ1) is 12.7. The van der Waals surface area contributed by atoms with Crippen molar-refractivity contribution in [3.8, 4) is 5.75 Å². The highest BCUT2D eigenvalue weighted by Gasteiger charge is 2.34. The fourth-order valence-electron chi connectivity index (χ4n) is 3.01. The third kappa shape index (κ3) is 4.47. The van der Waals surface area contributed by atoms with Gasteiger partial charge in [-0.25, -0.2) is 9.97 Å². The number of aromatic nitrogens is 2. The zero-order valence-electron chi connectivity index (χ0n) is 14.7. The van der Waals surface area contributed by atoms with Gasteiger partial charge < -0.3 is 15.4 Å². The Bertz CT molecular complexity index is 842. The number of nitrogens with two attached hydrogens (primary N) is 1. The van der Waals surface area contributed by atoms with Gasteiger partial charge in [0.05, 0.1) is 12.2 Å². The number of hydrogen-bond donors (Lipinski definition) is 1. The minimum Gasteiger partial charge on any atom is -0.493 e. The van der Waals surface area contributed by atoms with Crippen molar-refractivity contribution < 1.29 is 22.7 Å². The van der Waals surface area contributed by atoms with E-state index in [4.69, 9.17) is 10.5 Å². The Morgan fingerprint density at radius 3 is 2.78 bits per heavy atom. The molecule has 1 aliphatic heterocycles. The first-order valence-electron chi connectivity index (χ1n) is 8.43. The molecule has 0 bridgehead atoms. The smallest absolute Gasteiger partial charge is 0.419 e. The molecule has 1 aliphatic rings. The highest BCUT2D eigenvalue weighted by atomic mass is 19.4. The summed E-state index contributed by atoms with van der Waals surface area (Å²) in [5, 5.41) is 0. The molecule has 0 saturated carbocycles. The Labute approximate surface area is 154 Å². The molecule has 2 heterocycles. The lowest BCUT2D eigenvalue weighted by Gasteiger charge is -2.18. The van der Waals surface area contributed by atoms with Gasteiger partial charge in [0.1, 0.15) is 11.4 Å². The lowest BCUT2D eigenvalue weighted by molar-refractivity contribution is -0.139. The SMILES string of the molecule is Cc1cc(C(N)=O)nc(N2CCC(COc3ccccc3C(F)(F)F)C2)n1. The Morgan fingerprint density at radius 2 is 2.07 bits per heavy atom. The first kappa shape index (κ1) is 18.9. The molecule has 1 aromatic heterocycles. The van der Waals surface area contributed by atoms with E-state index in [2.05, 4.69) is 9.97 Å². The molecule has 1 amide bonds. The number of aryl methyl sites for hydroxylation is 1. The van der Waals surface area contributed by atoms with E-state index in [0.717, 1.165) is 12.5 Å². The van der Waals surface area contributed by atoms with E-state index in [1.807, 2.05) is 4.90 Å². The Morgan fingerprint density at radius 1 is 1.33 bits per heavy atom. The van der Waals surface area contributed by atoms with Gasteiger partial charge >= 0.3 is 6.18 Å². The van der Waals surface area contributed by atoms with Crippen LogP contribution in [-0.4, -0.2) is 35.6 Å². The third-order valence-corrected chi connectivity index (χ3v) is 4.33. The van der Waals surface area contributed by atoms with Crippen LogP contribution in [0.15, 0.2) is 30.3 Å². The molecule has 1 aromatic carbocycles. The molecule has 0 spiro atoms. The molecule has 6 nitrogen and oxygen atoms in total. The summed E-state index contributed by atoms with van der Waals surface area (Å²) < 4.78 is 44.5. The van der Waals surface area contributed by atoms with E-state index >= 15 is 0 Å². The lowest BCUT2D eigenvalue weighted by Crippen LogP contribution is -2.25. The number of rotatable bonds is 5. The summed E-state index contributed by atoms with van der Waals surface area (Å²) in [6.07, 6.45) is -3.74. The van der Waals surface area contributed by atoms with Crippen molar-refractivity contribution in [1.82, 2.24) is 9.97 Å². The van der Waals surface area contributed by atoms with Crippen LogP contribution in [0.5, 0.6) is 5.75 Å². The van der Waals surface area contributed by atoms with Crippen LogP contribution in [0.2, 0.25) is 0 Å². The van der Waals surface area contributed by atoms with E-state index in [1.165, 1.54) is 24.3 Å². The summed E-state index contributed by atoms with van der Waals surface area (Å²) >= 11 is 0. The zero-order chi connectivity index (χ0) is 19.6. The number of carbonyl (C=O) groups excluding carboxylic acids is 1. The molecule has 27 heavy (non-hydrogen) atoms. The van der Waals surface area contributed by atoms with Gasteiger partial charge in [-0.15, -0.1) is 0 Å². The van der Waals surface area contributed by atoms with Gasteiger partial charge in [0, 0.05) is 24.7 Å². The summed E-state index contributed by atoms with van der Waals surface area (Å²) in [5.74, 6) is -0.398. The number of primary amides is 1. The molecule has 0 radical (unpaired) electrons. The lowest BCUT2D eigenvalue weighted by atomic mass is 10.1. The Balaban J connectivity index is 1.66. The molecular formula is C18H19F3N4O2. The molecule has 144 valence electrons. The number of nitrogens with zero attached hydrogens (tertiary/aromatic N) is 3. The second-order valence-corrected chi connectivity index (χ2v) is 6.46. The molecule has 1 saturated heterocycles. The van der Waals surface area contributed by atoms with Crippen LogP contribution < -0.4 is 15.4 Å². The predicted octanol–water partition coefficient (Wildman–Crippen LogP) is 2.81. The van der Waals surface area contributed by atoms with Gasteiger partial charge in [0.2, 0.25) is 5.95 Å². The van der Waals surface area contributed by atoms with E-state index in [9.17, 15) is 18.0 Å². The molecule has 3 rings (SSSR count). The summed E-state index contributed by atoms with van der Waals surface area (Å²) in [6.45, 7) is 3.03. The zero-order valence-corrected chi connectivity index (χ0v) is 14.7. The second-order valence-electron chi connectivity index (χ2n) is 6.46. The van der Waals surface area contributed by atoms with Crippen LogP contribution >= 0.6 is 0 Å². The topological polar surface area (TPSA) is 81.3 Å². The van der Waals surface area contributed by atoms with Gasteiger partial charge in [-0.1, -0.05) is 12.1 Å². The number of para-hydroxylation sites is 1. The minimum atomic E-state index is -4.46. The van der Waals surface area contributed by atoms with Crippen LogP contribution in [-0.2, 0) is 6.18 Å². The quantitative estimate of drug-likeness (QED) is 0.863. The minimum absolute atomic E-state index is 0.0208. The highest BCUT2D eigenvalue weighted by molar-refractivity contribution is 5.91. The van der Waals surface area contributed by atoms with Crippen molar-refractivity contribution in [2.75, 3.05) is 24.6 Å². The first-order valence-corrected chi connectivity index (χ1v) is 8.43. The van der Waals surface area contributed by atoms with Gasteiger partial charge in [0.25, 0.3) is 5.91 Å². The van der Waals surface area contributed by atoms with E-state index in [-0.39, 0.29) is 24.0 Å². The molecule has 9 heteroatoms. The summed E-state index contributed by atoms with van der Waals surface area (Å²) in [6, 6.07) is 6.67. The van der Waals surface area contributed by atoms with Crippen LogP contribution in [0.4, 0.5) is 19.1 Å². The standard InChI is InChI=1S/C18H19F3N4O2/c1-11-8-14(16(22)26)24-17(23-11)25-7-6-12(9-25)10-27-15-5-3-2-4-13(15)18(19,20)21/h2-5,8,12H,6-7,9-10H2,1H3,(H2,22,26). The van der Waals surface area contributed by atoms with E-state index in [1.54, 1.807) is 6.92 Å². The number of carbonyl (C=O) groups is 1. The van der Waals surface area contributed by atoms with E-state index in [0.29, 0.717) is 24.7 Å². The molecule has 2 aromatic rings. The van der Waals surface area contributed by atoms with Crippen LogP contribution in [0, 0.1) is 12.8 Å². The molecule has 0 aliphatic carbocycles. The van der Waals surface area contributed by atoms with Crippen molar-refractivity contribution in [2.45, 2.75) is 19.5 Å². The average molecular weight is 380 g/mol. The maximum absolute atomic E-state index is 13.0. The number of alkyl halides is 3. The predicted molar refractivity (Wildman–Crippen MR) is 92.5 cm³/mol. The van der Waals surface area contributed by atoms with Crippen LogP contribution in [0.3, 0.4) is 0 Å². The maximum atomic E-state index is 13.0. The number of hydrogen-bond acceptors (Lipinski definition) is 5. The second kappa shape index (κ2) is 7.42. The van der Waals surface area contributed by atoms with Crippen molar-refractivity contribution in [2.24, 2.45) is 11.7 Å². The molecule has 1 fully saturated rings. The number of halogens is 3. The highest BCUT2D eigenvalue weighted by Crippen LogP contribution is 2.36. The van der Waals surface area contributed by atoms with Crippen molar-refractivity contribution in [3.63, 3.8) is 0 Å². The van der Waals surface area contributed by atoms with Crippen molar-refractivity contribution in [3.05, 3.63) is 47.3 Å². The summed E-state index contributed by atoms with van der Waals surface area (Å²) in [7, 11) is 0. The fourth-order valence-corrected chi connectivity index (χ4v) is 3.01. The molecular weight excluding hydrogens is 361 g/mol. The summed E-state index contributed by atoms with van der Waals surface area (Å²) in [4.78, 5) is 21.7.